The van der Waals surface area contributed by atoms with Gasteiger partial charge in [-0.3, -0.25) is 14.9 Å². The molecule has 0 saturated heterocycles. The SMILES string of the molecule is COC(=O)C1=C(Nc2cc(S(=O)(=O)NC3CC3)cc([N+](=O)[O-])c2C)C(=O)N(CCO)C1. The highest BCUT2D eigenvalue weighted by Gasteiger charge is 2.36. The van der Waals surface area contributed by atoms with Crippen LogP contribution in [0.3, 0.4) is 0 Å². The van der Waals surface area contributed by atoms with Gasteiger partial charge in [0.25, 0.3) is 11.6 Å². The van der Waals surface area contributed by atoms with Gasteiger partial charge in [0.05, 0.1) is 41.2 Å². The van der Waals surface area contributed by atoms with Crippen molar-refractivity contribution in [3.63, 3.8) is 0 Å². The third kappa shape index (κ3) is 4.68. The number of anilines is 1. The Bertz CT molecular complexity index is 1080. The fourth-order valence-electron chi connectivity index (χ4n) is 3.12. The predicted octanol–water partition coefficient (Wildman–Crippen LogP) is 0.0174. The van der Waals surface area contributed by atoms with Crippen molar-refractivity contribution in [1.29, 1.82) is 0 Å². The molecule has 3 N–H and O–H groups in total. The van der Waals surface area contributed by atoms with Gasteiger partial charge in [0, 0.05) is 24.3 Å². The molecular weight excluding hydrogens is 432 g/mol. The first-order valence-electron chi connectivity index (χ1n) is 9.39. The fourth-order valence-corrected chi connectivity index (χ4v) is 4.47. The molecule has 1 amide bonds. The number of ether oxygens (including phenoxy) is 1. The van der Waals surface area contributed by atoms with Gasteiger partial charge in [-0.15, -0.1) is 0 Å². The van der Waals surface area contributed by atoms with Crippen LogP contribution in [0.2, 0.25) is 0 Å². The average Bonchev–Trinajstić information content (AvgIpc) is 3.47. The van der Waals surface area contributed by atoms with Gasteiger partial charge in [-0.1, -0.05) is 0 Å². The van der Waals surface area contributed by atoms with Crippen LogP contribution < -0.4 is 10.0 Å². The summed E-state index contributed by atoms with van der Waals surface area (Å²) in [6, 6.07) is 1.92. The molecule has 1 aliphatic heterocycles. The molecule has 3 rings (SSSR count). The number of aliphatic hydroxyl groups is 1. The number of carbonyl (C=O) groups excluding carboxylic acids is 2. The van der Waals surface area contributed by atoms with Crippen LogP contribution in [0, 0.1) is 17.0 Å². The summed E-state index contributed by atoms with van der Waals surface area (Å²) >= 11 is 0. The second-order valence-electron chi connectivity index (χ2n) is 7.19. The second kappa shape index (κ2) is 8.61. The minimum atomic E-state index is -4.02. The Kier molecular flexibility index (Phi) is 6.29. The van der Waals surface area contributed by atoms with Crippen molar-refractivity contribution in [2.45, 2.75) is 30.7 Å². The minimum absolute atomic E-state index is 0.0130. The number of methoxy groups -OCH3 is 1. The number of β-amino-alcohol motifs (C(OH)–C–C–N with tert-alkyl or cyclic N) is 1. The Balaban J connectivity index is 2.07. The van der Waals surface area contributed by atoms with Crippen molar-refractivity contribution in [3.05, 3.63) is 39.1 Å². The zero-order valence-electron chi connectivity index (χ0n) is 16.9. The zero-order valence-corrected chi connectivity index (χ0v) is 17.7. The third-order valence-corrected chi connectivity index (χ3v) is 6.47. The van der Waals surface area contributed by atoms with E-state index in [1.165, 1.54) is 17.9 Å². The number of hydrogen-bond acceptors (Lipinski definition) is 9. The molecule has 1 aromatic carbocycles. The van der Waals surface area contributed by atoms with E-state index in [0.29, 0.717) is 12.8 Å². The number of nitrogens with one attached hydrogen (secondary N) is 2. The summed E-state index contributed by atoms with van der Waals surface area (Å²) in [5.41, 5.74) is -0.615. The van der Waals surface area contributed by atoms with Crippen molar-refractivity contribution in [2.75, 3.05) is 32.1 Å². The van der Waals surface area contributed by atoms with Crippen LogP contribution in [0.25, 0.3) is 0 Å². The summed E-state index contributed by atoms with van der Waals surface area (Å²) in [6.45, 7) is 0.896. The molecule has 12 nitrogen and oxygen atoms in total. The highest BCUT2D eigenvalue weighted by Crippen LogP contribution is 2.33. The molecule has 1 fully saturated rings. The van der Waals surface area contributed by atoms with E-state index in [-0.39, 0.29) is 53.2 Å². The van der Waals surface area contributed by atoms with Crippen molar-refractivity contribution >= 4 is 33.3 Å². The van der Waals surface area contributed by atoms with E-state index in [0.717, 1.165) is 13.2 Å². The zero-order chi connectivity index (χ0) is 22.9. The molecule has 0 bridgehead atoms. The van der Waals surface area contributed by atoms with Crippen LogP contribution >= 0.6 is 0 Å². The lowest BCUT2D eigenvalue weighted by Crippen LogP contribution is -2.31. The maximum atomic E-state index is 12.7. The lowest BCUT2D eigenvalue weighted by atomic mass is 10.1. The number of amides is 1. The summed E-state index contributed by atoms with van der Waals surface area (Å²) < 4.78 is 32.4. The van der Waals surface area contributed by atoms with E-state index in [1.807, 2.05) is 0 Å². The Hall–Kier alpha value is -3.03. The van der Waals surface area contributed by atoms with Gasteiger partial charge >= 0.3 is 5.97 Å². The van der Waals surface area contributed by atoms with E-state index < -0.39 is 32.5 Å². The van der Waals surface area contributed by atoms with Gasteiger partial charge in [-0.2, -0.15) is 0 Å². The average molecular weight is 454 g/mol. The number of sulfonamides is 1. The number of hydrogen-bond donors (Lipinski definition) is 3. The van der Waals surface area contributed by atoms with E-state index in [9.17, 15) is 28.1 Å². The lowest BCUT2D eigenvalue weighted by Gasteiger charge is -2.16. The first-order valence-corrected chi connectivity index (χ1v) is 10.9. The first-order chi connectivity index (χ1) is 14.6. The molecule has 0 radical (unpaired) electrons. The summed E-state index contributed by atoms with van der Waals surface area (Å²) in [5.74, 6) is -1.41. The normalized spacial score (nSPS) is 16.6. The molecule has 1 saturated carbocycles. The van der Waals surface area contributed by atoms with E-state index >= 15 is 0 Å². The highest BCUT2D eigenvalue weighted by atomic mass is 32.2. The summed E-state index contributed by atoms with van der Waals surface area (Å²) in [5, 5.41) is 23.4. The van der Waals surface area contributed by atoms with E-state index in [4.69, 9.17) is 9.84 Å². The minimum Gasteiger partial charge on any atom is -0.466 e. The molecule has 13 heteroatoms. The standard InChI is InChI=1S/C18H22N4O8S/c1-10-14(19-16-13(18(25)30-2)9-21(5-6-23)17(16)24)7-12(8-15(10)22(26)27)31(28,29)20-11-3-4-11/h7-8,11,19-20,23H,3-6,9H2,1-2H3. The summed E-state index contributed by atoms with van der Waals surface area (Å²) in [4.78, 5) is 36.5. The number of nitro groups is 1. The maximum Gasteiger partial charge on any atom is 0.337 e. The molecule has 0 unspecified atom stereocenters. The third-order valence-electron chi connectivity index (χ3n) is 4.97. The lowest BCUT2D eigenvalue weighted by molar-refractivity contribution is -0.385. The van der Waals surface area contributed by atoms with Crippen LogP contribution in [0.15, 0.2) is 28.3 Å². The van der Waals surface area contributed by atoms with Crippen LogP contribution in [0.1, 0.15) is 18.4 Å². The van der Waals surface area contributed by atoms with Crippen molar-refractivity contribution in [2.24, 2.45) is 0 Å². The predicted molar refractivity (Wildman–Crippen MR) is 108 cm³/mol. The largest absolute Gasteiger partial charge is 0.466 e. The Morgan fingerprint density at radius 2 is 2.06 bits per heavy atom. The number of rotatable bonds is 9. The van der Waals surface area contributed by atoms with Gasteiger partial charge < -0.3 is 20.1 Å². The molecular formula is C18H22N4O8S. The number of benzene rings is 1. The smallest absolute Gasteiger partial charge is 0.337 e. The van der Waals surface area contributed by atoms with Gasteiger partial charge in [0.1, 0.15) is 5.70 Å². The molecule has 1 aromatic rings. The molecule has 0 atom stereocenters. The van der Waals surface area contributed by atoms with Gasteiger partial charge in [0.2, 0.25) is 10.0 Å². The van der Waals surface area contributed by atoms with Crippen molar-refractivity contribution in [3.8, 4) is 0 Å². The number of carbonyl (C=O) groups is 2. The number of esters is 1. The number of aliphatic hydroxyl groups excluding tert-OH is 1. The van der Waals surface area contributed by atoms with Gasteiger partial charge in [-0.05, 0) is 25.8 Å². The van der Waals surface area contributed by atoms with Gasteiger partial charge in [-0.25, -0.2) is 17.9 Å². The van der Waals surface area contributed by atoms with E-state index in [2.05, 4.69) is 10.0 Å². The number of nitrogens with zero attached hydrogens (tertiary/aromatic N) is 2. The number of nitro benzene ring substituents is 1. The molecule has 0 aromatic heterocycles. The summed E-state index contributed by atoms with van der Waals surface area (Å²) in [7, 11) is -2.89. The second-order valence-corrected chi connectivity index (χ2v) is 8.90. The van der Waals surface area contributed by atoms with Crippen molar-refractivity contribution < 1.29 is 32.8 Å². The first kappa shape index (κ1) is 22.7. The monoisotopic (exact) mass is 454 g/mol. The Morgan fingerprint density at radius 3 is 2.61 bits per heavy atom. The Morgan fingerprint density at radius 1 is 1.39 bits per heavy atom. The molecule has 1 heterocycles. The summed E-state index contributed by atoms with van der Waals surface area (Å²) in [6.07, 6.45) is 1.37. The maximum absolute atomic E-state index is 12.7. The molecule has 31 heavy (non-hydrogen) atoms. The van der Waals surface area contributed by atoms with Crippen molar-refractivity contribution in [1.82, 2.24) is 9.62 Å². The molecule has 168 valence electrons. The van der Waals surface area contributed by atoms with E-state index in [1.54, 1.807) is 0 Å². The fraction of sp³-hybridized carbons (Fsp3) is 0.444. The van der Waals surface area contributed by atoms with Crippen LogP contribution in [-0.2, 0) is 24.3 Å². The molecule has 2 aliphatic rings. The van der Waals surface area contributed by atoms with Crippen LogP contribution in [0.4, 0.5) is 11.4 Å². The quantitative estimate of drug-likeness (QED) is 0.264. The molecule has 0 spiro atoms. The van der Waals surface area contributed by atoms with Gasteiger partial charge in [0.15, 0.2) is 0 Å². The Labute approximate surface area is 178 Å². The van der Waals surface area contributed by atoms with Crippen LogP contribution in [0.5, 0.6) is 0 Å². The topological polar surface area (TPSA) is 168 Å². The highest BCUT2D eigenvalue weighted by molar-refractivity contribution is 7.89. The molecule has 1 aliphatic carbocycles. The van der Waals surface area contributed by atoms with Crippen LogP contribution in [-0.4, -0.2) is 68.1 Å².